The van der Waals surface area contributed by atoms with Crippen LogP contribution in [0.3, 0.4) is 0 Å². The second kappa shape index (κ2) is 4.19. The quantitative estimate of drug-likeness (QED) is 0.820. The first-order valence-electron chi connectivity index (χ1n) is 4.93. The maximum atomic E-state index is 11.8. The Balaban J connectivity index is 1.95. The summed E-state index contributed by atoms with van der Waals surface area (Å²) in [5.74, 6) is 0.386. The third-order valence-corrected chi connectivity index (χ3v) is 3.59. The molecule has 1 heterocycles. The zero-order valence-electron chi connectivity index (χ0n) is 7.98. The Labute approximate surface area is 87.3 Å². The lowest BCUT2D eigenvalue weighted by Gasteiger charge is -2.12. The van der Waals surface area contributed by atoms with Gasteiger partial charge in [-0.15, -0.1) is 11.3 Å². The molecule has 0 saturated heterocycles. The second-order valence-corrected chi connectivity index (χ2v) is 4.78. The smallest absolute Gasteiger partial charge is 0.142 e. The first-order valence-corrected chi connectivity index (χ1v) is 5.81. The van der Waals surface area contributed by atoms with E-state index in [0.29, 0.717) is 12.2 Å². The van der Waals surface area contributed by atoms with Crippen molar-refractivity contribution in [1.82, 2.24) is 4.98 Å². The van der Waals surface area contributed by atoms with Gasteiger partial charge in [-0.25, -0.2) is 0 Å². The van der Waals surface area contributed by atoms with Crippen LogP contribution >= 0.6 is 11.3 Å². The molecule has 0 bridgehead atoms. The van der Waals surface area contributed by atoms with Crippen molar-refractivity contribution in [3.05, 3.63) is 16.6 Å². The summed E-state index contributed by atoms with van der Waals surface area (Å²) < 4.78 is 0. The zero-order valence-corrected chi connectivity index (χ0v) is 8.80. The number of rotatable bonds is 3. The molecule has 0 spiro atoms. The van der Waals surface area contributed by atoms with Gasteiger partial charge >= 0.3 is 0 Å². The van der Waals surface area contributed by atoms with Crippen molar-refractivity contribution in [2.24, 2.45) is 11.7 Å². The van der Waals surface area contributed by atoms with Crippen molar-refractivity contribution in [2.75, 3.05) is 0 Å². The van der Waals surface area contributed by atoms with Crippen LogP contribution in [0.15, 0.2) is 11.7 Å². The van der Waals surface area contributed by atoms with Gasteiger partial charge in [0.15, 0.2) is 0 Å². The molecule has 0 aromatic carbocycles. The van der Waals surface area contributed by atoms with E-state index in [1.54, 1.807) is 11.7 Å². The molecule has 2 N–H and O–H groups in total. The Kier molecular flexibility index (Phi) is 2.93. The van der Waals surface area contributed by atoms with E-state index in [2.05, 4.69) is 4.98 Å². The highest BCUT2D eigenvalue weighted by molar-refractivity contribution is 7.09. The maximum Gasteiger partial charge on any atom is 0.142 e. The molecule has 0 aliphatic heterocycles. The standard InChI is InChI=1S/C10H14N2OS/c11-9-3-1-2-8(9)10(13)4-7-5-12-6-14-7/h5-6,8-9H,1-4,11H2. The SMILES string of the molecule is NC1CCCC1C(=O)Cc1cncs1. The third kappa shape index (κ3) is 2.01. The van der Waals surface area contributed by atoms with Crippen LogP contribution in [0, 0.1) is 5.92 Å². The molecule has 0 radical (unpaired) electrons. The molecule has 1 aromatic rings. The number of hydrogen-bond acceptors (Lipinski definition) is 4. The van der Waals surface area contributed by atoms with E-state index < -0.39 is 0 Å². The molecule has 1 saturated carbocycles. The predicted molar refractivity (Wildman–Crippen MR) is 56.1 cm³/mol. The minimum Gasteiger partial charge on any atom is -0.327 e. The van der Waals surface area contributed by atoms with Crippen molar-refractivity contribution < 1.29 is 4.79 Å². The number of Topliss-reactive ketones (excluding diaryl/α,β-unsaturated/α-hetero) is 1. The van der Waals surface area contributed by atoms with Gasteiger partial charge in [-0.05, 0) is 12.8 Å². The Bertz CT molecular complexity index is 310. The summed E-state index contributed by atoms with van der Waals surface area (Å²) in [5.41, 5.74) is 7.64. The summed E-state index contributed by atoms with van der Waals surface area (Å²) in [6.07, 6.45) is 5.35. The number of ketones is 1. The number of nitrogens with two attached hydrogens (primary N) is 1. The Morgan fingerprint density at radius 2 is 2.50 bits per heavy atom. The first kappa shape index (κ1) is 9.80. The summed E-state index contributed by atoms with van der Waals surface area (Å²) in [6.45, 7) is 0. The topological polar surface area (TPSA) is 56.0 Å². The van der Waals surface area contributed by atoms with E-state index in [-0.39, 0.29) is 12.0 Å². The second-order valence-electron chi connectivity index (χ2n) is 3.81. The first-order chi connectivity index (χ1) is 6.77. The summed E-state index contributed by atoms with van der Waals surface area (Å²) >= 11 is 1.54. The van der Waals surface area contributed by atoms with Gasteiger partial charge in [0.25, 0.3) is 0 Å². The number of nitrogens with zero attached hydrogens (tertiary/aromatic N) is 1. The molecular weight excluding hydrogens is 196 g/mol. The molecule has 1 aliphatic carbocycles. The molecule has 1 fully saturated rings. The molecule has 2 unspecified atom stereocenters. The van der Waals surface area contributed by atoms with Crippen LogP contribution in [-0.4, -0.2) is 16.8 Å². The fraction of sp³-hybridized carbons (Fsp3) is 0.600. The minimum atomic E-state index is 0.0930. The molecular formula is C10H14N2OS. The molecule has 14 heavy (non-hydrogen) atoms. The van der Waals surface area contributed by atoms with E-state index in [1.807, 2.05) is 0 Å². The van der Waals surface area contributed by atoms with Gasteiger partial charge in [-0.3, -0.25) is 9.78 Å². The molecule has 0 amide bonds. The van der Waals surface area contributed by atoms with Gasteiger partial charge in [0.05, 0.1) is 5.51 Å². The molecule has 2 rings (SSSR count). The van der Waals surface area contributed by atoms with Crippen LogP contribution < -0.4 is 5.73 Å². The lowest BCUT2D eigenvalue weighted by Crippen LogP contribution is -2.31. The van der Waals surface area contributed by atoms with Crippen LogP contribution in [0.1, 0.15) is 24.1 Å². The number of thiazole rings is 1. The van der Waals surface area contributed by atoms with Gasteiger partial charge in [0, 0.05) is 29.5 Å². The van der Waals surface area contributed by atoms with E-state index in [4.69, 9.17) is 5.73 Å². The van der Waals surface area contributed by atoms with Gasteiger partial charge in [0.2, 0.25) is 0 Å². The minimum absolute atomic E-state index is 0.0930. The largest absolute Gasteiger partial charge is 0.327 e. The number of carbonyl (C=O) groups is 1. The van der Waals surface area contributed by atoms with Gasteiger partial charge in [-0.2, -0.15) is 0 Å². The summed E-state index contributed by atoms with van der Waals surface area (Å²) in [6, 6.07) is 0.0930. The van der Waals surface area contributed by atoms with Crippen LogP contribution in [0.4, 0.5) is 0 Å². The van der Waals surface area contributed by atoms with E-state index in [9.17, 15) is 4.79 Å². The van der Waals surface area contributed by atoms with Crippen LogP contribution in [0.2, 0.25) is 0 Å². The molecule has 1 aliphatic rings. The highest BCUT2D eigenvalue weighted by Crippen LogP contribution is 2.26. The van der Waals surface area contributed by atoms with Gasteiger partial charge in [-0.1, -0.05) is 6.42 Å². The molecule has 1 aromatic heterocycles. The fourth-order valence-electron chi connectivity index (χ4n) is 2.02. The lowest BCUT2D eigenvalue weighted by atomic mass is 9.96. The highest BCUT2D eigenvalue weighted by Gasteiger charge is 2.29. The fourth-order valence-corrected chi connectivity index (χ4v) is 2.63. The van der Waals surface area contributed by atoms with Crippen molar-refractivity contribution in [3.63, 3.8) is 0 Å². The molecule has 2 atom stereocenters. The summed E-state index contributed by atoms with van der Waals surface area (Å²) in [7, 11) is 0. The third-order valence-electron chi connectivity index (χ3n) is 2.81. The zero-order chi connectivity index (χ0) is 9.97. The average Bonchev–Trinajstić information content (AvgIpc) is 2.75. The molecule has 4 heteroatoms. The van der Waals surface area contributed by atoms with Crippen molar-refractivity contribution >= 4 is 17.1 Å². The van der Waals surface area contributed by atoms with E-state index in [1.165, 1.54) is 11.3 Å². The van der Waals surface area contributed by atoms with Gasteiger partial charge in [0.1, 0.15) is 5.78 Å². The Morgan fingerprint density at radius 3 is 3.07 bits per heavy atom. The number of carbonyl (C=O) groups excluding carboxylic acids is 1. The number of aromatic nitrogens is 1. The predicted octanol–water partition coefficient (Wildman–Crippen LogP) is 1.38. The average molecular weight is 210 g/mol. The monoisotopic (exact) mass is 210 g/mol. The van der Waals surface area contributed by atoms with Crippen molar-refractivity contribution in [2.45, 2.75) is 31.7 Å². The highest BCUT2D eigenvalue weighted by atomic mass is 32.1. The van der Waals surface area contributed by atoms with Crippen LogP contribution in [0.25, 0.3) is 0 Å². The van der Waals surface area contributed by atoms with Crippen molar-refractivity contribution in [1.29, 1.82) is 0 Å². The Morgan fingerprint density at radius 1 is 1.64 bits per heavy atom. The number of hydrogen-bond donors (Lipinski definition) is 1. The van der Waals surface area contributed by atoms with E-state index in [0.717, 1.165) is 24.1 Å². The summed E-state index contributed by atoms with van der Waals surface area (Å²) in [4.78, 5) is 16.8. The molecule has 76 valence electrons. The van der Waals surface area contributed by atoms with Crippen LogP contribution in [-0.2, 0) is 11.2 Å². The Hall–Kier alpha value is -0.740. The van der Waals surface area contributed by atoms with Crippen LogP contribution in [0.5, 0.6) is 0 Å². The maximum absolute atomic E-state index is 11.8. The lowest BCUT2D eigenvalue weighted by molar-refractivity contribution is -0.122. The normalized spacial score (nSPS) is 26.6. The van der Waals surface area contributed by atoms with E-state index >= 15 is 0 Å². The summed E-state index contributed by atoms with van der Waals surface area (Å²) in [5, 5.41) is 0. The van der Waals surface area contributed by atoms with Crippen molar-refractivity contribution in [3.8, 4) is 0 Å². The molecule has 3 nitrogen and oxygen atoms in total. The van der Waals surface area contributed by atoms with Gasteiger partial charge < -0.3 is 5.73 Å².